The highest BCUT2D eigenvalue weighted by molar-refractivity contribution is 6.39. The predicted molar refractivity (Wildman–Crippen MR) is 138 cm³/mol. The van der Waals surface area contributed by atoms with Gasteiger partial charge >= 0.3 is 6.03 Å². The third kappa shape index (κ3) is 4.22. The summed E-state index contributed by atoms with van der Waals surface area (Å²) < 4.78 is 2.01. The third-order valence-corrected chi connectivity index (χ3v) is 6.71. The summed E-state index contributed by atoms with van der Waals surface area (Å²) in [6.07, 6.45) is 3.38. The monoisotopic (exact) mass is 503 g/mol. The summed E-state index contributed by atoms with van der Waals surface area (Å²) in [7, 11) is 0. The van der Waals surface area contributed by atoms with Crippen molar-refractivity contribution >= 4 is 63.7 Å². The molecular formula is C27H19Cl2N3O3. The fourth-order valence-corrected chi connectivity index (χ4v) is 4.47. The Morgan fingerprint density at radius 3 is 2.43 bits per heavy atom. The first-order valence-corrected chi connectivity index (χ1v) is 11.6. The Bertz CT molecular complexity index is 1550. The van der Waals surface area contributed by atoms with Crippen LogP contribution in [0.3, 0.4) is 0 Å². The second kappa shape index (κ2) is 9.06. The average molecular weight is 504 g/mol. The van der Waals surface area contributed by atoms with E-state index < -0.39 is 17.8 Å². The second-order valence-corrected chi connectivity index (χ2v) is 9.03. The van der Waals surface area contributed by atoms with E-state index in [0.717, 1.165) is 26.9 Å². The first-order valence-electron chi connectivity index (χ1n) is 10.8. The molecule has 35 heavy (non-hydrogen) atoms. The van der Waals surface area contributed by atoms with E-state index in [9.17, 15) is 14.4 Å². The van der Waals surface area contributed by atoms with Crippen molar-refractivity contribution in [3.8, 4) is 0 Å². The topological polar surface area (TPSA) is 71.4 Å². The standard InChI is InChI=1S/C27H19Cl2N3O3/c1-16-10-11-19(13-23(16)29)32-26(34)21(25(33)30-27(32)35)12-18-15-31(24-9-5-3-7-20(18)24)14-17-6-2-4-8-22(17)28/h2-13,15H,14H2,1H3,(H,30,33,35)/b21-12-. The maximum absolute atomic E-state index is 13.3. The first kappa shape index (κ1) is 22.9. The zero-order valence-electron chi connectivity index (χ0n) is 18.6. The molecular weight excluding hydrogens is 485 g/mol. The number of fused-ring (bicyclic) bond motifs is 1. The Labute approximate surface area is 211 Å². The Morgan fingerprint density at radius 2 is 1.66 bits per heavy atom. The molecule has 2 heterocycles. The zero-order valence-corrected chi connectivity index (χ0v) is 20.1. The van der Waals surface area contributed by atoms with Crippen molar-refractivity contribution in [3.05, 3.63) is 105 Å². The van der Waals surface area contributed by atoms with Crippen LogP contribution in [0.15, 0.2) is 78.5 Å². The molecule has 0 atom stereocenters. The molecule has 0 saturated carbocycles. The number of hydrogen-bond acceptors (Lipinski definition) is 3. The number of carbonyl (C=O) groups is 3. The molecule has 8 heteroatoms. The molecule has 6 nitrogen and oxygen atoms in total. The van der Waals surface area contributed by atoms with Crippen molar-refractivity contribution in [2.75, 3.05) is 4.90 Å². The number of barbiturate groups is 1. The highest BCUT2D eigenvalue weighted by Crippen LogP contribution is 2.29. The number of hydrogen-bond donors (Lipinski definition) is 1. The molecule has 4 amide bonds. The van der Waals surface area contributed by atoms with Gasteiger partial charge in [0.2, 0.25) is 0 Å². The van der Waals surface area contributed by atoms with Gasteiger partial charge in [-0.2, -0.15) is 0 Å². The predicted octanol–water partition coefficient (Wildman–Crippen LogP) is 5.97. The molecule has 0 unspecified atom stereocenters. The van der Waals surface area contributed by atoms with Gasteiger partial charge in [0.05, 0.1) is 5.69 Å². The van der Waals surface area contributed by atoms with Crippen molar-refractivity contribution in [1.29, 1.82) is 0 Å². The molecule has 1 aliphatic rings. The summed E-state index contributed by atoms with van der Waals surface area (Å²) in [4.78, 5) is 39.5. The largest absolute Gasteiger partial charge is 0.342 e. The van der Waals surface area contributed by atoms with Crippen LogP contribution in [0, 0.1) is 6.92 Å². The molecule has 4 aromatic rings. The van der Waals surface area contributed by atoms with Crippen molar-refractivity contribution in [3.63, 3.8) is 0 Å². The normalized spacial score (nSPS) is 15.2. The van der Waals surface area contributed by atoms with Gasteiger partial charge in [0, 0.05) is 39.3 Å². The Hall–Kier alpha value is -3.87. The van der Waals surface area contributed by atoms with E-state index in [-0.39, 0.29) is 11.3 Å². The van der Waals surface area contributed by atoms with Crippen LogP contribution in [-0.4, -0.2) is 22.4 Å². The summed E-state index contributed by atoms with van der Waals surface area (Å²) in [5.74, 6) is -1.47. The molecule has 0 spiro atoms. The van der Waals surface area contributed by atoms with E-state index in [1.54, 1.807) is 12.1 Å². The number of aromatic nitrogens is 1. The first-order chi connectivity index (χ1) is 16.8. The van der Waals surface area contributed by atoms with E-state index in [1.165, 1.54) is 12.1 Å². The highest BCUT2D eigenvalue weighted by atomic mass is 35.5. The van der Waals surface area contributed by atoms with E-state index >= 15 is 0 Å². The van der Waals surface area contributed by atoms with Crippen LogP contribution in [0.4, 0.5) is 10.5 Å². The molecule has 3 aromatic carbocycles. The van der Waals surface area contributed by atoms with Gasteiger partial charge in [-0.15, -0.1) is 0 Å². The van der Waals surface area contributed by atoms with Gasteiger partial charge in [-0.1, -0.05) is 65.7 Å². The van der Waals surface area contributed by atoms with Crippen LogP contribution in [0.1, 0.15) is 16.7 Å². The Kier molecular flexibility index (Phi) is 5.93. The summed E-state index contributed by atoms with van der Waals surface area (Å²) in [5.41, 5.74) is 3.46. The number of anilines is 1. The maximum atomic E-state index is 13.3. The number of nitrogens with one attached hydrogen (secondary N) is 1. The third-order valence-electron chi connectivity index (χ3n) is 5.93. The van der Waals surface area contributed by atoms with Crippen LogP contribution in [0.2, 0.25) is 10.0 Å². The van der Waals surface area contributed by atoms with Crippen molar-refractivity contribution in [1.82, 2.24) is 9.88 Å². The van der Waals surface area contributed by atoms with Gasteiger partial charge in [-0.25, -0.2) is 9.69 Å². The minimum absolute atomic E-state index is 0.151. The quantitative estimate of drug-likeness (QED) is 0.275. The van der Waals surface area contributed by atoms with E-state index in [1.807, 2.05) is 66.2 Å². The van der Waals surface area contributed by atoms with Gasteiger partial charge in [-0.05, 0) is 48.4 Å². The highest BCUT2D eigenvalue weighted by Gasteiger charge is 2.37. The molecule has 1 saturated heterocycles. The number of nitrogens with zero attached hydrogens (tertiary/aromatic N) is 2. The van der Waals surface area contributed by atoms with Gasteiger partial charge < -0.3 is 4.57 Å². The fraction of sp³-hybridized carbons (Fsp3) is 0.0741. The van der Waals surface area contributed by atoms with Gasteiger partial charge in [-0.3, -0.25) is 14.9 Å². The fourth-order valence-electron chi connectivity index (χ4n) is 4.10. The average Bonchev–Trinajstić information content (AvgIpc) is 3.17. The van der Waals surface area contributed by atoms with E-state index in [4.69, 9.17) is 23.2 Å². The molecule has 1 N–H and O–H groups in total. The minimum atomic E-state index is -0.821. The molecule has 0 aliphatic carbocycles. The maximum Gasteiger partial charge on any atom is 0.335 e. The number of imide groups is 2. The van der Waals surface area contributed by atoms with Crippen LogP contribution in [-0.2, 0) is 16.1 Å². The molecule has 174 valence electrons. The van der Waals surface area contributed by atoms with E-state index in [2.05, 4.69) is 5.32 Å². The van der Waals surface area contributed by atoms with E-state index in [0.29, 0.717) is 22.2 Å². The lowest BCUT2D eigenvalue weighted by molar-refractivity contribution is -0.122. The Balaban J connectivity index is 1.58. The molecule has 0 radical (unpaired) electrons. The van der Waals surface area contributed by atoms with Crippen LogP contribution < -0.4 is 10.2 Å². The van der Waals surface area contributed by atoms with Gasteiger partial charge in [0.25, 0.3) is 11.8 Å². The minimum Gasteiger partial charge on any atom is -0.342 e. The Morgan fingerprint density at radius 1 is 0.914 bits per heavy atom. The molecule has 0 bridgehead atoms. The summed E-state index contributed by atoms with van der Waals surface area (Å²) >= 11 is 12.6. The number of benzene rings is 3. The number of para-hydroxylation sites is 1. The van der Waals surface area contributed by atoms with Gasteiger partial charge in [0.1, 0.15) is 5.57 Å². The van der Waals surface area contributed by atoms with Crippen molar-refractivity contribution in [2.24, 2.45) is 0 Å². The van der Waals surface area contributed by atoms with Crippen LogP contribution in [0.5, 0.6) is 0 Å². The molecule has 1 aliphatic heterocycles. The van der Waals surface area contributed by atoms with Crippen LogP contribution >= 0.6 is 23.2 Å². The number of rotatable bonds is 4. The summed E-state index contributed by atoms with van der Waals surface area (Å²) in [6.45, 7) is 2.33. The van der Waals surface area contributed by atoms with Crippen molar-refractivity contribution in [2.45, 2.75) is 13.5 Å². The van der Waals surface area contributed by atoms with Gasteiger partial charge in [0.15, 0.2) is 0 Å². The number of halogens is 2. The molecule has 1 fully saturated rings. The smallest absolute Gasteiger partial charge is 0.335 e. The number of urea groups is 1. The SMILES string of the molecule is Cc1ccc(N2C(=O)NC(=O)/C(=C/c3cn(Cc4ccccc4Cl)c4ccccc34)C2=O)cc1Cl. The summed E-state index contributed by atoms with van der Waals surface area (Å²) in [6, 6.07) is 19.3. The number of aryl methyl sites for hydroxylation is 1. The lowest BCUT2D eigenvalue weighted by Gasteiger charge is -2.26. The lowest BCUT2D eigenvalue weighted by atomic mass is 10.1. The molecule has 5 rings (SSSR count). The lowest BCUT2D eigenvalue weighted by Crippen LogP contribution is -2.54. The second-order valence-electron chi connectivity index (χ2n) is 8.21. The number of carbonyl (C=O) groups excluding carboxylic acids is 3. The zero-order chi connectivity index (χ0) is 24.7. The summed E-state index contributed by atoms with van der Waals surface area (Å²) in [5, 5.41) is 4.17. The van der Waals surface area contributed by atoms with Crippen molar-refractivity contribution < 1.29 is 14.4 Å². The molecule has 1 aromatic heterocycles. The van der Waals surface area contributed by atoms with Crippen LogP contribution in [0.25, 0.3) is 17.0 Å². The number of amides is 4.